The minimum absolute atomic E-state index is 0.0694. The molecule has 0 unspecified atom stereocenters. The summed E-state index contributed by atoms with van der Waals surface area (Å²) in [7, 11) is 1.48. The van der Waals surface area contributed by atoms with Crippen LogP contribution in [-0.4, -0.2) is 18.9 Å². The van der Waals surface area contributed by atoms with Crippen molar-refractivity contribution in [2.24, 2.45) is 0 Å². The van der Waals surface area contributed by atoms with Crippen LogP contribution in [0.5, 0.6) is 5.75 Å². The first-order chi connectivity index (χ1) is 15.1. The third-order valence-corrected chi connectivity index (χ3v) is 4.97. The standard InChI is InChI=1S/C25H22N2O4/c1-3-16-9-11-17(12-10-16)24(28)27-19-13-14-21-20(15-19)22(30-2)23(31-21)25(29)26-18-7-5-4-6-8-18/h4-15H,3H2,1-2H3,(H,26,29)(H,27,28). The summed E-state index contributed by atoms with van der Waals surface area (Å²) in [5.74, 6) is -0.251. The van der Waals surface area contributed by atoms with Crippen molar-refractivity contribution in [2.45, 2.75) is 13.3 Å². The van der Waals surface area contributed by atoms with Crippen molar-refractivity contribution in [3.63, 3.8) is 0 Å². The number of carbonyl (C=O) groups is 2. The zero-order valence-electron chi connectivity index (χ0n) is 17.3. The molecule has 0 radical (unpaired) electrons. The lowest BCUT2D eigenvalue weighted by molar-refractivity contribution is 0.0992. The average molecular weight is 414 g/mol. The summed E-state index contributed by atoms with van der Waals surface area (Å²) >= 11 is 0. The van der Waals surface area contributed by atoms with Crippen LogP contribution in [0.1, 0.15) is 33.4 Å². The highest BCUT2D eigenvalue weighted by molar-refractivity contribution is 6.09. The highest BCUT2D eigenvalue weighted by atomic mass is 16.5. The average Bonchev–Trinajstić information content (AvgIpc) is 3.18. The molecule has 0 spiro atoms. The number of methoxy groups -OCH3 is 1. The smallest absolute Gasteiger partial charge is 0.295 e. The number of hydrogen-bond donors (Lipinski definition) is 2. The number of fused-ring (bicyclic) bond motifs is 1. The third-order valence-electron chi connectivity index (χ3n) is 4.97. The summed E-state index contributed by atoms with van der Waals surface area (Å²) in [6.45, 7) is 2.07. The van der Waals surface area contributed by atoms with Gasteiger partial charge in [-0.05, 0) is 54.4 Å². The van der Waals surface area contributed by atoms with Gasteiger partial charge in [-0.1, -0.05) is 37.3 Å². The van der Waals surface area contributed by atoms with Gasteiger partial charge in [0.2, 0.25) is 5.76 Å². The summed E-state index contributed by atoms with van der Waals surface area (Å²) in [6, 6.07) is 21.7. The lowest BCUT2D eigenvalue weighted by atomic mass is 10.1. The van der Waals surface area contributed by atoms with E-state index in [0.717, 1.165) is 6.42 Å². The Bertz CT molecular complexity index is 1230. The molecule has 0 fully saturated rings. The number of benzene rings is 3. The van der Waals surface area contributed by atoms with Gasteiger partial charge in [0.1, 0.15) is 5.58 Å². The molecule has 4 rings (SSSR count). The van der Waals surface area contributed by atoms with Crippen LogP contribution >= 0.6 is 0 Å². The quantitative estimate of drug-likeness (QED) is 0.436. The summed E-state index contributed by atoms with van der Waals surface area (Å²) in [6.07, 6.45) is 0.916. The van der Waals surface area contributed by atoms with Crippen molar-refractivity contribution in [2.75, 3.05) is 17.7 Å². The number of rotatable bonds is 6. The normalized spacial score (nSPS) is 10.6. The summed E-state index contributed by atoms with van der Waals surface area (Å²) in [4.78, 5) is 25.3. The van der Waals surface area contributed by atoms with Gasteiger partial charge in [-0.15, -0.1) is 0 Å². The molecular formula is C25H22N2O4. The van der Waals surface area contributed by atoms with Crippen molar-refractivity contribution in [3.05, 3.63) is 89.7 Å². The van der Waals surface area contributed by atoms with Crippen LogP contribution in [0.2, 0.25) is 0 Å². The second-order valence-electron chi connectivity index (χ2n) is 7.00. The molecule has 1 heterocycles. The highest BCUT2D eigenvalue weighted by Crippen LogP contribution is 2.35. The first-order valence-electron chi connectivity index (χ1n) is 9.96. The second-order valence-corrected chi connectivity index (χ2v) is 7.00. The fourth-order valence-electron chi connectivity index (χ4n) is 3.31. The summed E-state index contributed by atoms with van der Waals surface area (Å²) in [5, 5.41) is 6.27. The van der Waals surface area contributed by atoms with E-state index in [1.807, 2.05) is 30.3 Å². The monoisotopic (exact) mass is 414 g/mol. The fraction of sp³-hybridized carbons (Fsp3) is 0.120. The molecule has 3 aromatic carbocycles. The summed E-state index contributed by atoms with van der Waals surface area (Å²) < 4.78 is 11.2. The van der Waals surface area contributed by atoms with Gasteiger partial charge in [0.15, 0.2) is 5.75 Å². The number of aryl methyl sites for hydroxylation is 1. The molecular weight excluding hydrogens is 392 g/mol. The zero-order chi connectivity index (χ0) is 21.8. The Balaban J connectivity index is 1.59. The summed E-state index contributed by atoms with van der Waals surface area (Å²) in [5.41, 5.74) is 3.45. The number of nitrogens with one attached hydrogen (secondary N) is 2. The van der Waals surface area contributed by atoms with Gasteiger partial charge in [-0.3, -0.25) is 9.59 Å². The number of anilines is 2. The maximum absolute atomic E-state index is 12.7. The molecule has 0 aliphatic carbocycles. The maximum Gasteiger partial charge on any atom is 0.295 e. The third kappa shape index (κ3) is 4.28. The molecule has 31 heavy (non-hydrogen) atoms. The topological polar surface area (TPSA) is 80.6 Å². The van der Waals surface area contributed by atoms with E-state index < -0.39 is 5.91 Å². The first-order valence-corrected chi connectivity index (χ1v) is 9.96. The van der Waals surface area contributed by atoms with Gasteiger partial charge < -0.3 is 19.8 Å². The van der Waals surface area contributed by atoms with Crippen LogP contribution in [0.15, 0.2) is 77.2 Å². The second kappa shape index (κ2) is 8.75. The number of hydrogen-bond acceptors (Lipinski definition) is 4. The van der Waals surface area contributed by atoms with E-state index in [9.17, 15) is 9.59 Å². The van der Waals surface area contributed by atoms with Crippen LogP contribution in [0.4, 0.5) is 11.4 Å². The SMILES string of the molecule is CCc1ccc(C(=O)Nc2ccc3oc(C(=O)Nc4ccccc4)c(OC)c3c2)cc1. The van der Waals surface area contributed by atoms with Crippen LogP contribution in [-0.2, 0) is 6.42 Å². The van der Waals surface area contributed by atoms with Crippen molar-refractivity contribution < 1.29 is 18.7 Å². The number of furan rings is 1. The minimum Gasteiger partial charge on any atom is -0.492 e. The molecule has 0 aliphatic rings. The van der Waals surface area contributed by atoms with Crippen molar-refractivity contribution in [3.8, 4) is 5.75 Å². The van der Waals surface area contributed by atoms with Crippen molar-refractivity contribution in [1.29, 1.82) is 0 Å². The predicted octanol–water partition coefficient (Wildman–Crippen LogP) is 5.51. The van der Waals surface area contributed by atoms with Crippen LogP contribution < -0.4 is 15.4 Å². The van der Waals surface area contributed by atoms with Gasteiger partial charge in [-0.2, -0.15) is 0 Å². The van der Waals surface area contributed by atoms with Crippen LogP contribution in [0.25, 0.3) is 11.0 Å². The van der Waals surface area contributed by atoms with E-state index in [1.54, 1.807) is 42.5 Å². The first kappa shape index (κ1) is 20.2. The Morgan fingerprint density at radius 2 is 1.58 bits per heavy atom. The Labute approximate surface area is 179 Å². The van der Waals surface area contributed by atoms with E-state index in [0.29, 0.717) is 33.7 Å². The molecule has 2 amide bonds. The Kier molecular flexibility index (Phi) is 5.71. The predicted molar refractivity (Wildman–Crippen MR) is 121 cm³/mol. The number of amides is 2. The fourth-order valence-corrected chi connectivity index (χ4v) is 3.31. The van der Waals surface area contributed by atoms with E-state index in [1.165, 1.54) is 12.7 Å². The Morgan fingerprint density at radius 3 is 2.26 bits per heavy atom. The molecule has 0 aliphatic heterocycles. The molecule has 2 N–H and O–H groups in total. The molecule has 6 heteroatoms. The lowest BCUT2D eigenvalue weighted by Crippen LogP contribution is -2.12. The molecule has 0 saturated heterocycles. The molecule has 6 nitrogen and oxygen atoms in total. The van der Waals surface area contributed by atoms with Crippen molar-refractivity contribution >= 4 is 34.2 Å². The molecule has 0 saturated carbocycles. The number of ether oxygens (including phenoxy) is 1. The molecule has 156 valence electrons. The van der Waals surface area contributed by atoms with E-state index in [-0.39, 0.29) is 11.7 Å². The van der Waals surface area contributed by atoms with Gasteiger partial charge in [0.05, 0.1) is 12.5 Å². The van der Waals surface area contributed by atoms with Gasteiger partial charge in [-0.25, -0.2) is 0 Å². The molecule has 4 aromatic rings. The zero-order valence-corrected chi connectivity index (χ0v) is 17.3. The van der Waals surface area contributed by atoms with Crippen LogP contribution in [0, 0.1) is 0 Å². The van der Waals surface area contributed by atoms with E-state index in [4.69, 9.17) is 9.15 Å². The van der Waals surface area contributed by atoms with E-state index >= 15 is 0 Å². The number of para-hydroxylation sites is 1. The molecule has 1 aromatic heterocycles. The van der Waals surface area contributed by atoms with Gasteiger partial charge >= 0.3 is 0 Å². The van der Waals surface area contributed by atoms with E-state index in [2.05, 4.69) is 17.6 Å². The van der Waals surface area contributed by atoms with Gasteiger partial charge in [0, 0.05) is 16.9 Å². The maximum atomic E-state index is 12.7. The van der Waals surface area contributed by atoms with Crippen LogP contribution in [0.3, 0.4) is 0 Å². The number of carbonyl (C=O) groups excluding carboxylic acids is 2. The lowest BCUT2D eigenvalue weighted by Gasteiger charge is -2.06. The Hall–Kier alpha value is -4.06. The highest BCUT2D eigenvalue weighted by Gasteiger charge is 2.22. The molecule has 0 bridgehead atoms. The minimum atomic E-state index is -0.416. The largest absolute Gasteiger partial charge is 0.492 e. The Morgan fingerprint density at radius 1 is 0.871 bits per heavy atom. The molecule has 0 atom stereocenters. The van der Waals surface area contributed by atoms with Gasteiger partial charge in [0.25, 0.3) is 11.8 Å². The van der Waals surface area contributed by atoms with Crippen molar-refractivity contribution in [1.82, 2.24) is 0 Å².